The van der Waals surface area contributed by atoms with E-state index < -0.39 is 5.41 Å². The van der Waals surface area contributed by atoms with Gasteiger partial charge in [-0.1, -0.05) is 20.8 Å². The van der Waals surface area contributed by atoms with Crippen LogP contribution in [-0.2, 0) is 9.59 Å². The third kappa shape index (κ3) is 5.68. The summed E-state index contributed by atoms with van der Waals surface area (Å²) in [5.41, 5.74) is 1.04. The Labute approximate surface area is 163 Å². The summed E-state index contributed by atoms with van der Waals surface area (Å²) in [6, 6.07) is 5.47. The van der Waals surface area contributed by atoms with Gasteiger partial charge in [-0.3, -0.25) is 9.59 Å². The number of aromatic nitrogens is 1. The fraction of sp³-hybridized carbons (Fsp3) is 0.421. The molecule has 1 heterocycles. The predicted molar refractivity (Wildman–Crippen MR) is 106 cm³/mol. The smallest absolute Gasteiger partial charge is 0.227 e. The summed E-state index contributed by atoms with van der Waals surface area (Å²) < 4.78 is 10.6. The maximum Gasteiger partial charge on any atom is 0.227 e. The van der Waals surface area contributed by atoms with E-state index in [4.69, 9.17) is 9.47 Å². The summed E-state index contributed by atoms with van der Waals surface area (Å²) in [4.78, 5) is 28.3. The van der Waals surface area contributed by atoms with Crippen LogP contribution in [0.3, 0.4) is 0 Å². The fourth-order valence-corrected chi connectivity index (χ4v) is 2.93. The van der Waals surface area contributed by atoms with E-state index in [2.05, 4.69) is 15.6 Å². The van der Waals surface area contributed by atoms with Gasteiger partial charge >= 0.3 is 0 Å². The molecular weight excluding hydrogens is 366 g/mol. The Morgan fingerprint density at radius 3 is 2.56 bits per heavy atom. The van der Waals surface area contributed by atoms with Crippen LogP contribution >= 0.6 is 11.3 Å². The maximum atomic E-state index is 12.1. The van der Waals surface area contributed by atoms with Crippen LogP contribution in [0.2, 0.25) is 0 Å². The molecule has 1 aromatic carbocycles. The third-order valence-electron chi connectivity index (χ3n) is 3.75. The van der Waals surface area contributed by atoms with Gasteiger partial charge in [0.2, 0.25) is 11.8 Å². The van der Waals surface area contributed by atoms with Crippen LogP contribution in [-0.4, -0.2) is 37.6 Å². The van der Waals surface area contributed by atoms with Crippen LogP contribution in [0.15, 0.2) is 23.6 Å². The zero-order chi connectivity index (χ0) is 20.0. The minimum atomic E-state index is -0.474. The van der Waals surface area contributed by atoms with E-state index in [9.17, 15) is 9.59 Å². The highest BCUT2D eigenvalue weighted by atomic mass is 32.1. The summed E-state index contributed by atoms with van der Waals surface area (Å²) in [5.74, 6) is 1.05. The molecule has 8 heteroatoms. The first-order chi connectivity index (χ1) is 12.7. The van der Waals surface area contributed by atoms with E-state index in [1.54, 1.807) is 20.3 Å². The molecule has 146 valence electrons. The number of rotatable bonds is 7. The fourth-order valence-electron chi connectivity index (χ4n) is 2.20. The molecule has 2 aromatic rings. The Hall–Kier alpha value is -2.61. The molecule has 7 nitrogen and oxygen atoms in total. The van der Waals surface area contributed by atoms with Gasteiger partial charge in [0.25, 0.3) is 0 Å². The first-order valence-corrected chi connectivity index (χ1v) is 9.38. The monoisotopic (exact) mass is 391 g/mol. The van der Waals surface area contributed by atoms with Crippen LogP contribution in [0.4, 0.5) is 5.13 Å². The molecule has 0 fully saturated rings. The van der Waals surface area contributed by atoms with E-state index >= 15 is 0 Å². The highest BCUT2D eigenvalue weighted by Crippen LogP contribution is 2.34. The van der Waals surface area contributed by atoms with Gasteiger partial charge in [0.15, 0.2) is 5.13 Å². The van der Waals surface area contributed by atoms with Crippen molar-refractivity contribution >= 4 is 28.3 Å². The molecule has 2 rings (SSSR count). The average Bonchev–Trinajstić information content (AvgIpc) is 3.08. The van der Waals surface area contributed by atoms with Crippen LogP contribution in [0, 0.1) is 5.41 Å². The number of hydrogen-bond donors (Lipinski definition) is 2. The van der Waals surface area contributed by atoms with Gasteiger partial charge in [-0.25, -0.2) is 4.98 Å². The molecule has 0 saturated heterocycles. The maximum absolute atomic E-state index is 12.1. The van der Waals surface area contributed by atoms with E-state index in [1.807, 2.05) is 38.3 Å². The lowest BCUT2D eigenvalue weighted by atomic mass is 9.96. The van der Waals surface area contributed by atoms with E-state index in [-0.39, 0.29) is 24.8 Å². The van der Waals surface area contributed by atoms with Crippen molar-refractivity contribution in [2.24, 2.45) is 5.41 Å². The Bertz CT molecular complexity index is 812. The van der Waals surface area contributed by atoms with Crippen molar-refractivity contribution in [2.45, 2.75) is 27.2 Å². The molecule has 0 aliphatic heterocycles. The second-order valence-electron chi connectivity index (χ2n) is 6.91. The van der Waals surface area contributed by atoms with Crippen molar-refractivity contribution in [3.05, 3.63) is 23.6 Å². The molecule has 0 radical (unpaired) electrons. The highest BCUT2D eigenvalue weighted by molar-refractivity contribution is 7.14. The number of carbonyl (C=O) groups excluding carboxylic acids is 2. The zero-order valence-electron chi connectivity index (χ0n) is 16.2. The molecule has 0 unspecified atom stereocenters. The van der Waals surface area contributed by atoms with Crippen molar-refractivity contribution in [1.29, 1.82) is 0 Å². The van der Waals surface area contributed by atoms with Crippen LogP contribution in [0.5, 0.6) is 11.5 Å². The number of hydrogen-bond acceptors (Lipinski definition) is 6. The normalized spacial score (nSPS) is 11.0. The van der Waals surface area contributed by atoms with Gasteiger partial charge in [-0.2, -0.15) is 0 Å². The van der Waals surface area contributed by atoms with Gasteiger partial charge in [0.1, 0.15) is 11.5 Å². The number of nitrogens with one attached hydrogen (secondary N) is 2. The third-order valence-corrected chi connectivity index (χ3v) is 4.51. The SMILES string of the molecule is COc1ccc(-c2csc(NC(=O)CCNC(=O)C(C)(C)C)n2)c(OC)c1. The second-order valence-corrected chi connectivity index (χ2v) is 7.77. The molecule has 0 aliphatic carbocycles. The molecule has 2 amide bonds. The number of ether oxygens (including phenoxy) is 2. The molecule has 1 aromatic heterocycles. The Kier molecular flexibility index (Phi) is 6.79. The van der Waals surface area contributed by atoms with Gasteiger partial charge < -0.3 is 20.1 Å². The molecule has 0 spiro atoms. The first-order valence-electron chi connectivity index (χ1n) is 8.50. The molecule has 0 aliphatic rings. The molecule has 0 saturated carbocycles. The highest BCUT2D eigenvalue weighted by Gasteiger charge is 2.20. The summed E-state index contributed by atoms with van der Waals surface area (Å²) in [7, 11) is 3.17. The van der Waals surface area contributed by atoms with Crippen LogP contribution in [0.25, 0.3) is 11.3 Å². The molecular formula is C19H25N3O4S. The Morgan fingerprint density at radius 2 is 1.93 bits per heavy atom. The topological polar surface area (TPSA) is 89.6 Å². The van der Waals surface area contributed by atoms with Gasteiger partial charge in [0.05, 0.1) is 19.9 Å². The molecule has 0 atom stereocenters. The van der Waals surface area contributed by atoms with Gasteiger partial charge in [-0.05, 0) is 12.1 Å². The standard InChI is InChI=1S/C19H25N3O4S/c1-19(2,3)17(24)20-9-8-16(23)22-18-21-14(11-27-18)13-7-6-12(25-4)10-15(13)26-5/h6-7,10-11H,8-9H2,1-5H3,(H,20,24)(H,21,22,23). The Morgan fingerprint density at radius 1 is 1.19 bits per heavy atom. The predicted octanol–water partition coefficient (Wildman–Crippen LogP) is 3.32. The quantitative estimate of drug-likeness (QED) is 0.756. The molecule has 2 N–H and O–H groups in total. The number of amides is 2. The first kappa shape index (κ1) is 20.7. The van der Waals surface area contributed by atoms with Crippen molar-refractivity contribution in [3.8, 4) is 22.8 Å². The number of methoxy groups -OCH3 is 2. The summed E-state index contributed by atoms with van der Waals surface area (Å²) in [6.45, 7) is 5.76. The molecule has 0 bridgehead atoms. The average molecular weight is 391 g/mol. The number of benzene rings is 1. The van der Waals surface area contributed by atoms with Crippen molar-refractivity contribution in [2.75, 3.05) is 26.1 Å². The minimum Gasteiger partial charge on any atom is -0.497 e. The lowest BCUT2D eigenvalue weighted by molar-refractivity contribution is -0.128. The number of nitrogens with zero attached hydrogens (tertiary/aromatic N) is 1. The zero-order valence-corrected chi connectivity index (χ0v) is 17.0. The van der Waals surface area contributed by atoms with Crippen LogP contribution in [0.1, 0.15) is 27.2 Å². The minimum absolute atomic E-state index is 0.0848. The van der Waals surface area contributed by atoms with E-state index in [0.29, 0.717) is 22.3 Å². The van der Waals surface area contributed by atoms with Gasteiger partial charge in [0, 0.05) is 35.4 Å². The van der Waals surface area contributed by atoms with Crippen molar-refractivity contribution in [1.82, 2.24) is 10.3 Å². The Balaban J connectivity index is 1.96. The summed E-state index contributed by atoms with van der Waals surface area (Å²) in [5, 5.41) is 7.85. The van der Waals surface area contributed by atoms with E-state index in [0.717, 1.165) is 5.56 Å². The van der Waals surface area contributed by atoms with Crippen molar-refractivity contribution in [3.63, 3.8) is 0 Å². The lowest BCUT2D eigenvalue weighted by Gasteiger charge is -2.17. The second kappa shape index (κ2) is 8.85. The van der Waals surface area contributed by atoms with Gasteiger partial charge in [-0.15, -0.1) is 11.3 Å². The van der Waals surface area contributed by atoms with E-state index in [1.165, 1.54) is 11.3 Å². The van der Waals surface area contributed by atoms with Crippen LogP contribution < -0.4 is 20.1 Å². The summed E-state index contributed by atoms with van der Waals surface area (Å²) >= 11 is 1.33. The molecule has 27 heavy (non-hydrogen) atoms. The lowest BCUT2D eigenvalue weighted by Crippen LogP contribution is -2.36. The van der Waals surface area contributed by atoms with Crippen molar-refractivity contribution < 1.29 is 19.1 Å². The number of thiazole rings is 1. The number of anilines is 1. The largest absolute Gasteiger partial charge is 0.497 e. The number of carbonyl (C=O) groups is 2. The summed E-state index contributed by atoms with van der Waals surface area (Å²) in [6.07, 6.45) is 0.183.